The molecule has 3 N–H and O–H groups in total. The van der Waals surface area contributed by atoms with Crippen molar-refractivity contribution in [1.29, 1.82) is 0 Å². The average molecular weight is 348 g/mol. The Morgan fingerprint density at radius 2 is 2.08 bits per heavy atom. The highest BCUT2D eigenvalue weighted by Gasteiger charge is 2.24. The van der Waals surface area contributed by atoms with Gasteiger partial charge in [-0.3, -0.25) is 9.59 Å². The first kappa shape index (κ1) is 18.9. The average Bonchev–Trinajstić information content (AvgIpc) is 3.08. The van der Waals surface area contributed by atoms with Crippen LogP contribution in [0.4, 0.5) is 5.69 Å². The number of anilines is 1. The maximum atomic E-state index is 12.3. The Bertz CT molecular complexity index is 638. The van der Waals surface area contributed by atoms with Crippen LogP contribution >= 0.6 is 0 Å². The summed E-state index contributed by atoms with van der Waals surface area (Å²) < 4.78 is 5.32. The molecule has 7 heteroatoms. The van der Waals surface area contributed by atoms with Crippen molar-refractivity contribution in [3.05, 3.63) is 29.8 Å². The third-order valence-corrected chi connectivity index (χ3v) is 3.92. The van der Waals surface area contributed by atoms with Crippen molar-refractivity contribution >= 4 is 23.5 Å². The van der Waals surface area contributed by atoms with Crippen LogP contribution in [-0.4, -0.2) is 41.6 Å². The standard InChI is InChI=1S/C18H24N2O5/c1-11(2)9-14(18(23)24)20-16(21)12-5-3-6-13(10-12)19-17(22)15-7-4-8-25-15/h3,5-6,10-11,14-15H,4,7-9H2,1-2H3,(H,19,22)(H,20,21)(H,23,24). The molecule has 1 aromatic rings. The summed E-state index contributed by atoms with van der Waals surface area (Å²) in [5.41, 5.74) is 0.768. The van der Waals surface area contributed by atoms with Crippen molar-refractivity contribution in [2.24, 2.45) is 5.92 Å². The number of carboxylic acids is 1. The molecular weight excluding hydrogens is 324 g/mol. The third kappa shape index (κ3) is 5.56. The molecule has 25 heavy (non-hydrogen) atoms. The van der Waals surface area contributed by atoms with E-state index < -0.39 is 24.0 Å². The van der Waals surface area contributed by atoms with Gasteiger partial charge < -0.3 is 20.5 Å². The van der Waals surface area contributed by atoms with Crippen molar-refractivity contribution in [1.82, 2.24) is 5.32 Å². The predicted molar refractivity (Wildman–Crippen MR) is 92.4 cm³/mol. The van der Waals surface area contributed by atoms with E-state index in [9.17, 15) is 19.5 Å². The van der Waals surface area contributed by atoms with Gasteiger partial charge in [0.05, 0.1) is 0 Å². The number of carbonyl (C=O) groups is 3. The van der Waals surface area contributed by atoms with Crippen LogP contribution in [0.5, 0.6) is 0 Å². The van der Waals surface area contributed by atoms with Gasteiger partial charge in [-0.2, -0.15) is 0 Å². The first-order valence-corrected chi connectivity index (χ1v) is 8.43. The SMILES string of the molecule is CC(C)CC(NC(=O)c1cccc(NC(=O)C2CCCO2)c1)C(=O)O. The second-order valence-electron chi connectivity index (χ2n) is 6.57. The van der Waals surface area contributed by atoms with Crippen LogP contribution in [0.25, 0.3) is 0 Å². The number of nitrogens with one attached hydrogen (secondary N) is 2. The van der Waals surface area contributed by atoms with E-state index in [0.717, 1.165) is 6.42 Å². The molecular formula is C18H24N2O5. The number of benzene rings is 1. The van der Waals surface area contributed by atoms with E-state index in [4.69, 9.17) is 4.74 Å². The van der Waals surface area contributed by atoms with Gasteiger partial charge in [-0.15, -0.1) is 0 Å². The quantitative estimate of drug-likeness (QED) is 0.699. The second-order valence-corrected chi connectivity index (χ2v) is 6.57. The van der Waals surface area contributed by atoms with Gasteiger partial charge >= 0.3 is 5.97 Å². The summed E-state index contributed by atoms with van der Waals surface area (Å²) in [5.74, 6) is -1.65. The van der Waals surface area contributed by atoms with Gasteiger partial charge in [-0.25, -0.2) is 4.79 Å². The van der Waals surface area contributed by atoms with Gasteiger partial charge in [-0.1, -0.05) is 19.9 Å². The second kappa shape index (κ2) is 8.62. The Kier molecular flexibility index (Phi) is 6.52. The molecule has 0 saturated carbocycles. The maximum absolute atomic E-state index is 12.3. The number of aliphatic carboxylic acids is 1. The van der Waals surface area contributed by atoms with E-state index in [0.29, 0.717) is 30.7 Å². The summed E-state index contributed by atoms with van der Waals surface area (Å²) >= 11 is 0. The number of hydrogen-bond acceptors (Lipinski definition) is 4. The normalized spacial score (nSPS) is 18.0. The molecule has 1 aliphatic rings. The van der Waals surface area contributed by atoms with E-state index in [-0.39, 0.29) is 11.8 Å². The molecule has 7 nitrogen and oxygen atoms in total. The molecule has 1 aliphatic heterocycles. The zero-order valence-corrected chi connectivity index (χ0v) is 14.5. The lowest BCUT2D eigenvalue weighted by molar-refractivity contribution is -0.139. The summed E-state index contributed by atoms with van der Waals surface area (Å²) in [6.07, 6.45) is 1.42. The van der Waals surface area contributed by atoms with E-state index in [1.807, 2.05) is 13.8 Å². The molecule has 0 aromatic heterocycles. The van der Waals surface area contributed by atoms with Crippen LogP contribution in [-0.2, 0) is 14.3 Å². The highest BCUT2D eigenvalue weighted by atomic mass is 16.5. The Morgan fingerprint density at radius 3 is 2.68 bits per heavy atom. The van der Waals surface area contributed by atoms with Crippen LogP contribution in [0.2, 0.25) is 0 Å². The van der Waals surface area contributed by atoms with Crippen molar-refractivity contribution in [2.45, 2.75) is 45.3 Å². The summed E-state index contributed by atoms with van der Waals surface area (Å²) in [6, 6.07) is 5.46. The number of ether oxygens (including phenoxy) is 1. The van der Waals surface area contributed by atoms with Crippen molar-refractivity contribution < 1.29 is 24.2 Å². The maximum Gasteiger partial charge on any atom is 0.326 e. The summed E-state index contributed by atoms with van der Waals surface area (Å²) in [4.78, 5) is 35.7. The first-order valence-electron chi connectivity index (χ1n) is 8.43. The number of rotatable bonds is 7. The molecule has 0 aliphatic carbocycles. The molecule has 1 saturated heterocycles. The topological polar surface area (TPSA) is 105 Å². The zero-order valence-electron chi connectivity index (χ0n) is 14.5. The Morgan fingerprint density at radius 1 is 1.32 bits per heavy atom. The monoisotopic (exact) mass is 348 g/mol. The van der Waals surface area contributed by atoms with E-state index in [2.05, 4.69) is 10.6 Å². The lowest BCUT2D eigenvalue weighted by Crippen LogP contribution is -2.41. The number of carboxylic acid groups (broad SMARTS) is 1. The van der Waals surface area contributed by atoms with Crippen molar-refractivity contribution in [3.8, 4) is 0 Å². The predicted octanol–water partition coefficient (Wildman–Crippen LogP) is 2.03. The van der Waals surface area contributed by atoms with E-state index >= 15 is 0 Å². The number of hydrogen-bond donors (Lipinski definition) is 3. The van der Waals surface area contributed by atoms with Crippen molar-refractivity contribution in [3.63, 3.8) is 0 Å². The molecule has 2 amide bonds. The largest absolute Gasteiger partial charge is 0.480 e. The Balaban J connectivity index is 2.02. The fraction of sp³-hybridized carbons (Fsp3) is 0.500. The lowest BCUT2D eigenvalue weighted by atomic mass is 10.0. The van der Waals surface area contributed by atoms with Crippen LogP contribution in [0.3, 0.4) is 0 Å². The molecule has 1 fully saturated rings. The molecule has 2 atom stereocenters. The minimum absolute atomic E-state index is 0.137. The molecule has 2 unspecified atom stereocenters. The first-order chi connectivity index (χ1) is 11.9. The minimum Gasteiger partial charge on any atom is -0.480 e. The molecule has 0 radical (unpaired) electrons. The lowest BCUT2D eigenvalue weighted by Gasteiger charge is -2.17. The van der Waals surface area contributed by atoms with E-state index in [1.165, 1.54) is 6.07 Å². The van der Waals surface area contributed by atoms with Crippen molar-refractivity contribution in [2.75, 3.05) is 11.9 Å². The highest BCUT2D eigenvalue weighted by molar-refractivity contribution is 5.99. The molecule has 136 valence electrons. The molecule has 0 bridgehead atoms. The minimum atomic E-state index is -1.06. The summed E-state index contributed by atoms with van der Waals surface area (Å²) in [7, 11) is 0. The van der Waals surface area contributed by atoms with Crippen LogP contribution < -0.4 is 10.6 Å². The fourth-order valence-electron chi connectivity index (χ4n) is 2.68. The summed E-state index contributed by atoms with van der Waals surface area (Å²) in [6.45, 7) is 4.36. The number of amides is 2. The van der Waals surface area contributed by atoms with Gasteiger partial charge in [-0.05, 0) is 43.4 Å². The molecule has 1 heterocycles. The molecule has 1 aromatic carbocycles. The zero-order chi connectivity index (χ0) is 18.4. The van der Waals surface area contributed by atoms with Gasteiger partial charge in [0.2, 0.25) is 0 Å². The number of carbonyl (C=O) groups excluding carboxylic acids is 2. The fourth-order valence-corrected chi connectivity index (χ4v) is 2.68. The Labute approximate surface area is 146 Å². The summed E-state index contributed by atoms with van der Waals surface area (Å²) in [5, 5.41) is 14.5. The molecule has 2 rings (SSSR count). The van der Waals surface area contributed by atoms with Crippen LogP contribution in [0.15, 0.2) is 24.3 Å². The van der Waals surface area contributed by atoms with Crippen LogP contribution in [0.1, 0.15) is 43.5 Å². The van der Waals surface area contributed by atoms with Crippen LogP contribution in [0, 0.1) is 5.92 Å². The molecule has 0 spiro atoms. The van der Waals surface area contributed by atoms with Gasteiger partial charge in [0.1, 0.15) is 12.1 Å². The Hall–Kier alpha value is -2.41. The van der Waals surface area contributed by atoms with Gasteiger partial charge in [0.25, 0.3) is 11.8 Å². The highest BCUT2D eigenvalue weighted by Crippen LogP contribution is 2.16. The van der Waals surface area contributed by atoms with Gasteiger partial charge in [0, 0.05) is 17.9 Å². The van der Waals surface area contributed by atoms with E-state index in [1.54, 1.807) is 18.2 Å². The third-order valence-electron chi connectivity index (χ3n) is 3.92. The van der Waals surface area contributed by atoms with Gasteiger partial charge in [0.15, 0.2) is 0 Å². The smallest absolute Gasteiger partial charge is 0.326 e.